The van der Waals surface area contributed by atoms with E-state index in [-0.39, 0.29) is 21.9 Å². The molecule has 1 amide bonds. The van der Waals surface area contributed by atoms with Crippen molar-refractivity contribution in [2.24, 2.45) is 11.8 Å². The van der Waals surface area contributed by atoms with Crippen LogP contribution in [0, 0.1) is 17.7 Å². The number of benzene rings is 2. The fourth-order valence-corrected chi connectivity index (χ4v) is 6.01. The molecule has 214 valence electrons. The maximum Gasteiger partial charge on any atom is 0.268 e. The van der Waals surface area contributed by atoms with Gasteiger partial charge >= 0.3 is 0 Å². The summed E-state index contributed by atoms with van der Waals surface area (Å²) >= 11 is 0. The van der Waals surface area contributed by atoms with Gasteiger partial charge in [-0.25, -0.2) is 22.5 Å². The van der Waals surface area contributed by atoms with Crippen molar-refractivity contribution in [3.8, 4) is 22.8 Å². The smallest absolute Gasteiger partial charge is 0.268 e. The first-order valence-electron chi connectivity index (χ1n) is 13.2. The van der Waals surface area contributed by atoms with Crippen LogP contribution in [0.25, 0.3) is 11.3 Å². The van der Waals surface area contributed by atoms with Gasteiger partial charge in [-0.3, -0.25) is 4.79 Å². The topological polar surface area (TPSA) is 97.8 Å². The van der Waals surface area contributed by atoms with Gasteiger partial charge in [-0.2, -0.15) is 0 Å². The number of anilines is 1. The van der Waals surface area contributed by atoms with E-state index in [1.165, 1.54) is 43.5 Å². The molecule has 1 N–H and O–H groups in total. The summed E-state index contributed by atoms with van der Waals surface area (Å²) in [4.78, 5) is 20.2. The highest BCUT2D eigenvalue weighted by atomic mass is 32.2. The molecule has 3 aromatic rings. The first-order chi connectivity index (χ1) is 18.8. The maximum atomic E-state index is 14.6. The van der Waals surface area contributed by atoms with Crippen LogP contribution in [0.15, 0.2) is 59.5 Å². The van der Waals surface area contributed by atoms with E-state index in [1.54, 1.807) is 18.2 Å². The fraction of sp³-hybridized carbons (Fsp3) is 0.400. The van der Waals surface area contributed by atoms with Gasteiger partial charge in [-0.15, -0.1) is 0 Å². The number of halogens is 1. The molecule has 0 aliphatic carbocycles. The molecule has 40 heavy (non-hydrogen) atoms. The number of carbonyl (C=O) groups is 1. The van der Waals surface area contributed by atoms with Gasteiger partial charge in [0.15, 0.2) is 0 Å². The van der Waals surface area contributed by atoms with Crippen molar-refractivity contribution in [3.63, 3.8) is 0 Å². The molecule has 0 bridgehead atoms. The lowest BCUT2D eigenvalue weighted by atomic mass is 9.97. The summed E-state index contributed by atoms with van der Waals surface area (Å²) in [5.41, 5.74) is 0.678. The van der Waals surface area contributed by atoms with Crippen molar-refractivity contribution in [2.45, 2.75) is 51.5 Å². The summed E-state index contributed by atoms with van der Waals surface area (Å²) in [5, 5.41) is 0. The lowest BCUT2D eigenvalue weighted by Crippen LogP contribution is -2.41. The second-order valence-corrected chi connectivity index (χ2v) is 13.0. The predicted octanol–water partition coefficient (Wildman–Crippen LogP) is 5.67. The number of rotatable bonds is 9. The monoisotopic (exact) mass is 569 g/mol. The van der Waals surface area contributed by atoms with Crippen molar-refractivity contribution < 1.29 is 27.1 Å². The number of sulfonamides is 1. The maximum absolute atomic E-state index is 14.6. The zero-order valence-electron chi connectivity index (χ0n) is 23.7. The van der Waals surface area contributed by atoms with E-state index in [0.717, 1.165) is 6.42 Å². The number of nitrogens with one attached hydrogen (secondary N) is 1. The average Bonchev–Trinajstić information content (AvgIpc) is 3.17. The highest BCUT2D eigenvalue weighted by Gasteiger charge is 2.39. The Morgan fingerprint density at radius 2 is 1.90 bits per heavy atom. The van der Waals surface area contributed by atoms with Crippen LogP contribution in [0.1, 0.15) is 51.4 Å². The predicted molar refractivity (Wildman–Crippen MR) is 153 cm³/mol. The molecule has 1 aromatic heterocycles. The van der Waals surface area contributed by atoms with E-state index < -0.39 is 21.7 Å². The Balaban J connectivity index is 1.76. The number of aromatic nitrogens is 1. The number of carbonyl (C=O) groups excluding carboxylic acids is 1. The summed E-state index contributed by atoms with van der Waals surface area (Å²) in [6, 6.07) is 13.4. The zero-order valence-corrected chi connectivity index (χ0v) is 24.5. The molecule has 1 fully saturated rings. The van der Waals surface area contributed by atoms with Crippen LogP contribution in [0.3, 0.4) is 0 Å². The molecule has 1 atom stereocenters. The van der Waals surface area contributed by atoms with Gasteiger partial charge in [0, 0.05) is 29.8 Å². The first kappa shape index (κ1) is 29.3. The number of nitrogens with zero attached hydrogens (tertiary/aromatic N) is 2. The minimum absolute atomic E-state index is 0.102. The third kappa shape index (κ3) is 6.55. The largest absolute Gasteiger partial charge is 0.497 e. The van der Waals surface area contributed by atoms with Crippen molar-refractivity contribution in [1.82, 2.24) is 9.71 Å². The Labute approximate surface area is 235 Å². The number of hydrogen-bond donors (Lipinski definition) is 1. The fourth-order valence-electron chi connectivity index (χ4n) is 5.01. The van der Waals surface area contributed by atoms with E-state index >= 15 is 0 Å². The highest BCUT2D eigenvalue weighted by Crippen LogP contribution is 2.38. The van der Waals surface area contributed by atoms with Crippen LogP contribution in [0.2, 0.25) is 0 Å². The SMILES string of the molecule is COc1cccc(S(=O)(=O)NC(=O)c2ccc(-c3cc(F)cc(OCC(C)C)c3)nc2N2C[C@@H](C)CC2(C)C)c1. The lowest BCUT2D eigenvalue weighted by molar-refractivity contribution is 0.0981. The molecule has 0 saturated carbocycles. The molecule has 1 aliphatic rings. The van der Waals surface area contributed by atoms with Gasteiger partial charge in [-0.05, 0) is 68.5 Å². The minimum Gasteiger partial charge on any atom is -0.497 e. The van der Waals surface area contributed by atoms with Gasteiger partial charge < -0.3 is 14.4 Å². The van der Waals surface area contributed by atoms with Crippen molar-refractivity contribution in [2.75, 3.05) is 25.2 Å². The third-order valence-electron chi connectivity index (χ3n) is 6.78. The number of pyridine rings is 1. The van der Waals surface area contributed by atoms with Crippen LogP contribution < -0.4 is 19.1 Å². The van der Waals surface area contributed by atoms with Crippen LogP contribution in [0.4, 0.5) is 10.2 Å². The molecule has 10 heteroatoms. The van der Waals surface area contributed by atoms with Crippen LogP contribution in [-0.2, 0) is 10.0 Å². The molecule has 8 nitrogen and oxygen atoms in total. The first-order valence-corrected chi connectivity index (χ1v) is 14.7. The Morgan fingerprint density at radius 1 is 1.15 bits per heavy atom. The molecule has 1 saturated heterocycles. The lowest BCUT2D eigenvalue weighted by Gasteiger charge is -2.34. The Hall–Kier alpha value is -3.66. The molecule has 0 unspecified atom stereocenters. The minimum atomic E-state index is -4.20. The molecule has 4 rings (SSSR count). The van der Waals surface area contributed by atoms with Gasteiger partial charge in [0.2, 0.25) is 0 Å². The van der Waals surface area contributed by atoms with Gasteiger partial charge in [0.05, 0.1) is 29.9 Å². The van der Waals surface area contributed by atoms with Gasteiger partial charge in [0.25, 0.3) is 15.9 Å². The Morgan fingerprint density at radius 3 is 2.55 bits per heavy atom. The van der Waals surface area contributed by atoms with Gasteiger partial charge in [-0.1, -0.05) is 26.8 Å². The van der Waals surface area contributed by atoms with Crippen molar-refractivity contribution in [3.05, 3.63) is 66.0 Å². The summed E-state index contributed by atoms with van der Waals surface area (Å²) in [6.07, 6.45) is 0.856. The number of methoxy groups -OCH3 is 1. The molecule has 0 spiro atoms. The Kier molecular flexibility index (Phi) is 8.39. The summed E-state index contributed by atoms with van der Waals surface area (Å²) in [5.74, 6) is 0.367. The molecular weight excluding hydrogens is 533 g/mol. The summed E-state index contributed by atoms with van der Waals surface area (Å²) in [6.45, 7) is 11.3. The number of amides is 1. The summed E-state index contributed by atoms with van der Waals surface area (Å²) in [7, 11) is -2.77. The molecular formula is C30H36FN3O5S. The van der Waals surface area contributed by atoms with E-state index in [9.17, 15) is 17.6 Å². The van der Waals surface area contributed by atoms with Crippen LogP contribution in [-0.4, -0.2) is 45.1 Å². The second kappa shape index (κ2) is 11.4. The average molecular weight is 570 g/mol. The zero-order chi connectivity index (χ0) is 29.2. The number of hydrogen-bond acceptors (Lipinski definition) is 7. The summed E-state index contributed by atoms with van der Waals surface area (Å²) < 4.78 is 53.8. The van der Waals surface area contributed by atoms with Crippen LogP contribution >= 0.6 is 0 Å². The highest BCUT2D eigenvalue weighted by molar-refractivity contribution is 7.90. The normalized spacial score (nSPS) is 16.7. The van der Waals surface area contributed by atoms with Gasteiger partial charge in [0.1, 0.15) is 23.1 Å². The Bertz CT molecular complexity index is 1510. The van der Waals surface area contributed by atoms with Crippen LogP contribution in [0.5, 0.6) is 11.5 Å². The molecule has 2 heterocycles. The standard InChI is InChI=1S/C30H36FN3O5S/c1-19(2)18-39-24-13-21(12-22(31)14-24)27-11-10-26(28(32-27)34-17-20(3)16-30(34,4)5)29(35)33-40(36,37)25-9-7-8-23(15-25)38-6/h7-15,19-20H,16-18H2,1-6H3,(H,33,35)/t20-/m0/s1. The second-order valence-electron chi connectivity index (χ2n) is 11.3. The molecule has 2 aromatic carbocycles. The van der Waals surface area contributed by atoms with E-state index in [1.807, 2.05) is 18.7 Å². The van der Waals surface area contributed by atoms with E-state index in [0.29, 0.717) is 47.6 Å². The third-order valence-corrected chi connectivity index (χ3v) is 8.11. The van der Waals surface area contributed by atoms with E-state index in [2.05, 4.69) is 25.5 Å². The molecule has 0 radical (unpaired) electrons. The molecule has 1 aliphatic heterocycles. The number of ether oxygens (including phenoxy) is 2. The van der Waals surface area contributed by atoms with Crippen molar-refractivity contribution >= 4 is 21.7 Å². The quantitative estimate of drug-likeness (QED) is 0.354. The van der Waals surface area contributed by atoms with Crippen molar-refractivity contribution in [1.29, 1.82) is 0 Å². The van der Waals surface area contributed by atoms with E-state index in [4.69, 9.17) is 14.5 Å².